The van der Waals surface area contributed by atoms with Gasteiger partial charge < -0.3 is 16.4 Å². The van der Waals surface area contributed by atoms with Gasteiger partial charge in [0.1, 0.15) is 5.82 Å². The summed E-state index contributed by atoms with van der Waals surface area (Å²) >= 11 is 0. The molecule has 2 aromatic carbocycles. The van der Waals surface area contributed by atoms with E-state index in [4.69, 9.17) is 5.73 Å². The fraction of sp³-hybridized carbons (Fsp3) is 0.0556. The maximum atomic E-state index is 12.3. The van der Waals surface area contributed by atoms with Crippen LogP contribution in [-0.4, -0.2) is 15.9 Å². The van der Waals surface area contributed by atoms with Crippen LogP contribution in [0.2, 0.25) is 0 Å². The number of rotatable bonds is 4. The number of nitrogens with two attached hydrogens (primary N) is 1. The molecular formula is C18H17N5O. The van der Waals surface area contributed by atoms with Crippen molar-refractivity contribution in [2.45, 2.75) is 6.92 Å². The molecule has 0 saturated heterocycles. The smallest absolute Gasteiger partial charge is 0.255 e. The maximum Gasteiger partial charge on any atom is 0.255 e. The van der Waals surface area contributed by atoms with Crippen molar-refractivity contribution < 1.29 is 4.79 Å². The Morgan fingerprint density at radius 1 is 0.958 bits per heavy atom. The van der Waals surface area contributed by atoms with Gasteiger partial charge in [-0.25, -0.2) is 4.98 Å². The predicted octanol–water partition coefficient (Wildman–Crippen LogP) is 3.36. The summed E-state index contributed by atoms with van der Waals surface area (Å²) in [5.41, 5.74) is 8.46. The van der Waals surface area contributed by atoms with Crippen LogP contribution in [0.15, 0.2) is 60.7 Å². The van der Waals surface area contributed by atoms with Gasteiger partial charge in [0.25, 0.3) is 5.91 Å². The minimum Gasteiger partial charge on any atom is -0.368 e. The van der Waals surface area contributed by atoms with Gasteiger partial charge in [-0.2, -0.15) is 4.98 Å². The van der Waals surface area contributed by atoms with Gasteiger partial charge in [0.15, 0.2) is 0 Å². The van der Waals surface area contributed by atoms with E-state index in [9.17, 15) is 4.79 Å². The topological polar surface area (TPSA) is 92.9 Å². The molecule has 0 atom stereocenters. The molecule has 0 spiro atoms. The van der Waals surface area contributed by atoms with Gasteiger partial charge in [-0.1, -0.05) is 24.3 Å². The first-order valence-corrected chi connectivity index (χ1v) is 7.45. The third-order valence-corrected chi connectivity index (χ3v) is 3.30. The van der Waals surface area contributed by atoms with Gasteiger partial charge in [0.05, 0.1) is 0 Å². The third-order valence-electron chi connectivity index (χ3n) is 3.30. The number of benzene rings is 2. The summed E-state index contributed by atoms with van der Waals surface area (Å²) in [6.45, 7) is 1.84. The molecule has 3 rings (SSSR count). The molecule has 0 saturated carbocycles. The number of para-hydroxylation sites is 1. The van der Waals surface area contributed by atoms with Crippen LogP contribution in [0, 0.1) is 6.92 Å². The number of aryl methyl sites for hydroxylation is 1. The summed E-state index contributed by atoms with van der Waals surface area (Å²) in [6, 6.07) is 18.3. The van der Waals surface area contributed by atoms with Gasteiger partial charge in [0, 0.05) is 28.7 Å². The average molecular weight is 319 g/mol. The van der Waals surface area contributed by atoms with E-state index in [0.717, 1.165) is 17.1 Å². The van der Waals surface area contributed by atoms with E-state index in [1.54, 1.807) is 24.3 Å². The monoisotopic (exact) mass is 319 g/mol. The van der Waals surface area contributed by atoms with Gasteiger partial charge in [0.2, 0.25) is 5.95 Å². The lowest BCUT2D eigenvalue weighted by Crippen LogP contribution is -2.12. The van der Waals surface area contributed by atoms with Crippen molar-refractivity contribution in [1.29, 1.82) is 0 Å². The quantitative estimate of drug-likeness (QED) is 0.685. The first-order chi connectivity index (χ1) is 11.6. The highest BCUT2D eigenvalue weighted by Crippen LogP contribution is 2.18. The van der Waals surface area contributed by atoms with E-state index in [1.165, 1.54) is 0 Å². The van der Waals surface area contributed by atoms with Crippen molar-refractivity contribution >= 4 is 29.0 Å². The molecule has 6 heteroatoms. The van der Waals surface area contributed by atoms with Crippen LogP contribution >= 0.6 is 0 Å². The van der Waals surface area contributed by atoms with Crippen LogP contribution < -0.4 is 16.4 Å². The second-order valence-corrected chi connectivity index (χ2v) is 5.28. The van der Waals surface area contributed by atoms with Crippen LogP contribution in [-0.2, 0) is 0 Å². The number of hydrogen-bond donors (Lipinski definition) is 3. The molecule has 0 radical (unpaired) electrons. The number of aromatic nitrogens is 2. The highest BCUT2D eigenvalue weighted by Gasteiger charge is 2.07. The van der Waals surface area contributed by atoms with E-state index < -0.39 is 0 Å². The number of anilines is 4. The van der Waals surface area contributed by atoms with Crippen molar-refractivity contribution in [3.05, 3.63) is 71.9 Å². The maximum absolute atomic E-state index is 12.3. The van der Waals surface area contributed by atoms with Crippen LogP contribution in [0.25, 0.3) is 0 Å². The van der Waals surface area contributed by atoms with E-state index in [2.05, 4.69) is 20.6 Å². The molecule has 4 N–H and O–H groups in total. The fourth-order valence-electron chi connectivity index (χ4n) is 2.27. The van der Waals surface area contributed by atoms with Crippen molar-refractivity contribution in [2.75, 3.05) is 16.4 Å². The Morgan fingerprint density at radius 2 is 1.71 bits per heavy atom. The molecule has 6 nitrogen and oxygen atoms in total. The Bertz CT molecular complexity index is 844. The summed E-state index contributed by atoms with van der Waals surface area (Å²) in [7, 11) is 0. The van der Waals surface area contributed by atoms with E-state index in [-0.39, 0.29) is 11.9 Å². The molecule has 0 aliphatic carbocycles. The lowest BCUT2D eigenvalue weighted by atomic mass is 10.2. The SMILES string of the molecule is Cc1cc(Nc2cccc(C(=O)Nc3ccccc3)c2)nc(N)n1. The van der Waals surface area contributed by atoms with Crippen LogP contribution in [0.3, 0.4) is 0 Å². The lowest BCUT2D eigenvalue weighted by molar-refractivity contribution is 0.102. The fourth-order valence-corrected chi connectivity index (χ4v) is 2.27. The molecule has 0 bridgehead atoms. The highest BCUT2D eigenvalue weighted by atomic mass is 16.1. The molecule has 24 heavy (non-hydrogen) atoms. The molecule has 120 valence electrons. The van der Waals surface area contributed by atoms with Gasteiger partial charge in [-0.15, -0.1) is 0 Å². The molecule has 1 heterocycles. The van der Waals surface area contributed by atoms with Crippen molar-refractivity contribution in [2.24, 2.45) is 0 Å². The van der Waals surface area contributed by atoms with E-state index >= 15 is 0 Å². The molecule has 1 amide bonds. The normalized spacial score (nSPS) is 10.2. The Morgan fingerprint density at radius 3 is 2.46 bits per heavy atom. The Hall–Kier alpha value is -3.41. The zero-order chi connectivity index (χ0) is 16.9. The van der Waals surface area contributed by atoms with Crippen LogP contribution in [0.4, 0.5) is 23.1 Å². The van der Waals surface area contributed by atoms with Gasteiger partial charge in [-0.3, -0.25) is 4.79 Å². The Labute approximate surface area is 139 Å². The number of nitrogen functional groups attached to an aromatic ring is 1. The average Bonchev–Trinajstić information content (AvgIpc) is 2.55. The van der Waals surface area contributed by atoms with Gasteiger partial charge in [-0.05, 0) is 37.3 Å². The second-order valence-electron chi connectivity index (χ2n) is 5.28. The molecule has 0 fully saturated rings. The van der Waals surface area contributed by atoms with Crippen LogP contribution in [0.1, 0.15) is 16.1 Å². The number of nitrogens with zero attached hydrogens (tertiary/aromatic N) is 2. The van der Waals surface area contributed by atoms with Crippen LogP contribution in [0.5, 0.6) is 0 Å². The summed E-state index contributed by atoms with van der Waals surface area (Å²) in [5, 5.41) is 5.99. The standard InChI is InChI=1S/C18H17N5O/c1-12-10-16(23-18(19)20-12)21-15-9-5-6-13(11-15)17(24)22-14-7-3-2-4-8-14/h2-11H,1H3,(H,22,24)(H3,19,20,21,23). The third kappa shape index (κ3) is 3.86. The summed E-state index contributed by atoms with van der Waals surface area (Å²) in [5.74, 6) is 0.610. The lowest BCUT2D eigenvalue weighted by Gasteiger charge is -2.09. The summed E-state index contributed by atoms with van der Waals surface area (Å²) in [4.78, 5) is 20.5. The number of nitrogens with one attached hydrogen (secondary N) is 2. The first-order valence-electron chi connectivity index (χ1n) is 7.45. The zero-order valence-electron chi connectivity index (χ0n) is 13.2. The highest BCUT2D eigenvalue weighted by molar-refractivity contribution is 6.04. The minimum absolute atomic E-state index is 0.178. The number of amides is 1. The Kier molecular flexibility index (Phi) is 4.38. The second kappa shape index (κ2) is 6.78. The van der Waals surface area contributed by atoms with Crippen molar-refractivity contribution in [3.8, 4) is 0 Å². The van der Waals surface area contributed by atoms with Gasteiger partial charge >= 0.3 is 0 Å². The molecule has 0 aliphatic rings. The predicted molar refractivity (Wildman–Crippen MR) is 95.3 cm³/mol. The summed E-state index contributed by atoms with van der Waals surface area (Å²) in [6.07, 6.45) is 0. The molecule has 0 unspecified atom stereocenters. The number of carbonyl (C=O) groups is 1. The van der Waals surface area contributed by atoms with Crippen molar-refractivity contribution in [3.63, 3.8) is 0 Å². The molecule has 3 aromatic rings. The largest absolute Gasteiger partial charge is 0.368 e. The zero-order valence-corrected chi connectivity index (χ0v) is 13.2. The molecule has 0 aliphatic heterocycles. The number of carbonyl (C=O) groups excluding carboxylic acids is 1. The molecular weight excluding hydrogens is 302 g/mol. The van der Waals surface area contributed by atoms with E-state index in [1.807, 2.05) is 43.3 Å². The first kappa shape index (κ1) is 15.5. The number of hydrogen-bond acceptors (Lipinski definition) is 5. The van der Waals surface area contributed by atoms with Crippen molar-refractivity contribution in [1.82, 2.24) is 9.97 Å². The minimum atomic E-state index is -0.178. The summed E-state index contributed by atoms with van der Waals surface area (Å²) < 4.78 is 0. The Balaban J connectivity index is 1.77. The van der Waals surface area contributed by atoms with E-state index in [0.29, 0.717) is 11.4 Å². The molecule has 1 aromatic heterocycles.